The molecule has 0 bridgehead atoms. The van der Waals surface area contributed by atoms with Crippen molar-refractivity contribution in [3.05, 3.63) is 28.8 Å². The fraction of sp³-hybridized carbons (Fsp3) is 0.333. The number of hydrogen-bond donors (Lipinski definition) is 1. The summed E-state index contributed by atoms with van der Waals surface area (Å²) in [5.41, 5.74) is 1.04. The molecule has 90 valence electrons. The molecule has 0 heterocycles. The second-order valence-corrected chi connectivity index (χ2v) is 4.00. The second kappa shape index (κ2) is 6.12. The maximum Gasteiger partial charge on any atom is 0.337 e. The van der Waals surface area contributed by atoms with Gasteiger partial charge in [-0.25, -0.2) is 4.79 Å². The number of halogens is 1. The average molecular weight is 253 g/mol. The Bertz CT molecular complexity index is 454. The fourth-order valence-corrected chi connectivity index (χ4v) is 1.40. The van der Waals surface area contributed by atoms with Gasteiger partial charge in [0.05, 0.1) is 35.4 Å². The number of ether oxygens (including phenoxy) is 1. The van der Waals surface area contributed by atoms with Gasteiger partial charge in [-0.3, -0.25) is 0 Å². The third kappa shape index (κ3) is 3.65. The summed E-state index contributed by atoms with van der Waals surface area (Å²) in [4.78, 5) is 11.3. The first-order chi connectivity index (χ1) is 8.08. The van der Waals surface area contributed by atoms with Crippen molar-refractivity contribution in [1.82, 2.24) is 0 Å². The molecule has 5 heteroatoms. The van der Waals surface area contributed by atoms with Gasteiger partial charge in [0, 0.05) is 6.54 Å². The molecule has 17 heavy (non-hydrogen) atoms. The zero-order valence-electron chi connectivity index (χ0n) is 9.66. The van der Waals surface area contributed by atoms with Crippen LogP contribution in [0.25, 0.3) is 0 Å². The molecule has 1 rings (SSSR count). The smallest absolute Gasteiger partial charge is 0.337 e. The summed E-state index contributed by atoms with van der Waals surface area (Å²) in [6.07, 6.45) is 0. The lowest BCUT2D eigenvalue weighted by Crippen LogP contribution is -2.10. The van der Waals surface area contributed by atoms with E-state index in [1.807, 2.05) is 0 Å². The van der Waals surface area contributed by atoms with E-state index in [0.717, 1.165) is 0 Å². The van der Waals surface area contributed by atoms with E-state index >= 15 is 0 Å². The number of methoxy groups -OCH3 is 1. The molecular formula is C12H13ClN2O2. The number of nitriles is 1. The number of anilines is 1. The summed E-state index contributed by atoms with van der Waals surface area (Å²) in [6, 6.07) is 6.92. The largest absolute Gasteiger partial charge is 0.465 e. The first kappa shape index (κ1) is 13.3. The Balaban J connectivity index is 2.84. The average Bonchev–Trinajstić information content (AvgIpc) is 2.36. The van der Waals surface area contributed by atoms with Crippen LogP contribution in [0.2, 0.25) is 5.02 Å². The lowest BCUT2D eigenvalue weighted by atomic mass is 10.1. The molecule has 0 aliphatic carbocycles. The summed E-state index contributed by atoms with van der Waals surface area (Å²) in [5, 5.41) is 12.2. The number of esters is 1. The molecular weight excluding hydrogens is 240 g/mol. The molecule has 4 nitrogen and oxygen atoms in total. The SMILES string of the molecule is COC(=O)c1ccc(Cl)c(NCC(C)C#N)c1. The molecule has 0 spiro atoms. The van der Waals surface area contributed by atoms with Crippen molar-refractivity contribution in [3.63, 3.8) is 0 Å². The minimum Gasteiger partial charge on any atom is -0.465 e. The molecule has 0 radical (unpaired) electrons. The molecule has 0 saturated heterocycles. The van der Waals surface area contributed by atoms with Crippen molar-refractivity contribution in [2.45, 2.75) is 6.92 Å². The maximum absolute atomic E-state index is 11.3. The third-order valence-electron chi connectivity index (χ3n) is 2.21. The molecule has 0 aliphatic rings. The molecule has 1 aromatic rings. The molecule has 1 aromatic carbocycles. The van der Waals surface area contributed by atoms with Gasteiger partial charge >= 0.3 is 5.97 Å². The van der Waals surface area contributed by atoms with E-state index in [-0.39, 0.29) is 5.92 Å². The third-order valence-corrected chi connectivity index (χ3v) is 2.54. The van der Waals surface area contributed by atoms with Crippen LogP contribution in [0, 0.1) is 17.2 Å². The van der Waals surface area contributed by atoms with E-state index in [1.54, 1.807) is 25.1 Å². The minimum absolute atomic E-state index is 0.132. The van der Waals surface area contributed by atoms with Crippen LogP contribution < -0.4 is 5.32 Å². The van der Waals surface area contributed by atoms with Crippen LogP contribution in [0.3, 0.4) is 0 Å². The van der Waals surface area contributed by atoms with Crippen molar-refractivity contribution >= 4 is 23.3 Å². The topological polar surface area (TPSA) is 62.1 Å². The van der Waals surface area contributed by atoms with Gasteiger partial charge in [0.2, 0.25) is 0 Å². The van der Waals surface area contributed by atoms with Gasteiger partial charge in [-0.2, -0.15) is 5.26 Å². The number of nitrogens with one attached hydrogen (secondary N) is 1. The van der Waals surface area contributed by atoms with Gasteiger partial charge in [0.25, 0.3) is 0 Å². The molecule has 1 N–H and O–H groups in total. The number of rotatable bonds is 4. The molecule has 1 unspecified atom stereocenters. The number of benzene rings is 1. The van der Waals surface area contributed by atoms with Gasteiger partial charge in [-0.1, -0.05) is 11.6 Å². The number of hydrogen-bond acceptors (Lipinski definition) is 4. The highest BCUT2D eigenvalue weighted by Crippen LogP contribution is 2.23. The Morgan fingerprint density at radius 1 is 1.65 bits per heavy atom. The Labute approximate surface area is 105 Å². The van der Waals surface area contributed by atoms with Crippen molar-refractivity contribution in [3.8, 4) is 6.07 Å². The highest BCUT2D eigenvalue weighted by molar-refractivity contribution is 6.33. The monoisotopic (exact) mass is 252 g/mol. The molecule has 0 saturated carbocycles. The number of carbonyl (C=O) groups is 1. The second-order valence-electron chi connectivity index (χ2n) is 3.60. The van der Waals surface area contributed by atoms with E-state index < -0.39 is 5.97 Å². The van der Waals surface area contributed by atoms with Crippen LogP contribution in [-0.2, 0) is 4.74 Å². The maximum atomic E-state index is 11.3. The van der Waals surface area contributed by atoms with Crippen LogP contribution in [0.5, 0.6) is 0 Å². The Kier molecular flexibility index (Phi) is 4.80. The quantitative estimate of drug-likeness (QED) is 0.837. The van der Waals surface area contributed by atoms with E-state index in [1.165, 1.54) is 7.11 Å². The summed E-state index contributed by atoms with van der Waals surface area (Å²) in [7, 11) is 1.32. The molecule has 0 aromatic heterocycles. The number of carbonyl (C=O) groups excluding carboxylic acids is 1. The van der Waals surface area contributed by atoms with Crippen molar-refractivity contribution in [1.29, 1.82) is 5.26 Å². The molecule has 0 fully saturated rings. The van der Waals surface area contributed by atoms with Crippen LogP contribution in [0.1, 0.15) is 17.3 Å². The Morgan fingerprint density at radius 3 is 2.94 bits per heavy atom. The normalized spacial score (nSPS) is 11.4. The molecule has 0 aliphatic heterocycles. The Hall–Kier alpha value is -1.73. The predicted molar refractivity (Wildman–Crippen MR) is 66.1 cm³/mol. The van der Waals surface area contributed by atoms with Gasteiger partial charge in [0.1, 0.15) is 0 Å². The van der Waals surface area contributed by atoms with Crippen molar-refractivity contribution in [2.24, 2.45) is 5.92 Å². The standard InChI is InChI=1S/C12H13ClN2O2/c1-8(6-14)7-15-11-5-9(12(16)17-2)3-4-10(11)13/h3-5,8,15H,7H2,1-2H3. The lowest BCUT2D eigenvalue weighted by Gasteiger charge is -2.10. The van der Waals surface area contributed by atoms with Crippen molar-refractivity contribution in [2.75, 3.05) is 19.0 Å². The number of nitrogens with zero attached hydrogens (tertiary/aromatic N) is 1. The summed E-state index contributed by atoms with van der Waals surface area (Å²) in [5.74, 6) is -0.550. The zero-order valence-corrected chi connectivity index (χ0v) is 10.4. The summed E-state index contributed by atoms with van der Waals surface area (Å²) >= 11 is 5.97. The minimum atomic E-state index is -0.418. The van der Waals surface area contributed by atoms with Crippen LogP contribution in [-0.4, -0.2) is 19.6 Å². The van der Waals surface area contributed by atoms with Crippen LogP contribution in [0.4, 0.5) is 5.69 Å². The molecule has 0 amide bonds. The summed E-state index contributed by atoms with van der Waals surface area (Å²) in [6.45, 7) is 2.27. The van der Waals surface area contributed by atoms with E-state index in [0.29, 0.717) is 22.8 Å². The van der Waals surface area contributed by atoms with Gasteiger partial charge in [-0.15, -0.1) is 0 Å². The summed E-state index contributed by atoms with van der Waals surface area (Å²) < 4.78 is 4.62. The van der Waals surface area contributed by atoms with Gasteiger partial charge < -0.3 is 10.1 Å². The van der Waals surface area contributed by atoms with Crippen LogP contribution in [0.15, 0.2) is 18.2 Å². The fourth-order valence-electron chi connectivity index (χ4n) is 1.21. The lowest BCUT2D eigenvalue weighted by molar-refractivity contribution is 0.0601. The first-order valence-corrected chi connectivity index (χ1v) is 5.47. The highest BCUT2D eigenvalue weighted by atomic mass is 35.5. The Morgan fingerprint density at radius 2 is 2.35 bits per heavy atom. The van der Waals surface area contributed by atoms with Crippen molar-refractivity contribution < 1.29 is 9.53 Å². The predicted octanol–water partition coefficient (Wildman–Crippen LogP) is 2.70. The van der Waals surface area contributed by atoms with E-state index in [4.69, 9.17) is 16.9 Å². The van der Waals surface area contributed by atoms with E-state index in [9.17, 15) is 4.79 Å². The van der Waals surface area contributed by atoms with E-state index in [2.05, 4.69) is 16.1 Å². The van der Waals surface area contributed by atoms with Gasteiger partial charge in [-0.05, 0) is 25.1 Å². The van der Waals surface area contributed by atoms with Crippen LogP contribution >= 0.6 is 11.6 Å². The van der Waals surface area contributed by atoms with Gasteiger partial charge in [0.15, 0.2) is 0 Å². The molecule has 1 atom stereocenters. The first-order valence-electron chi connectivity index (χ1n) is 5.09. The zero-order chi connectivity index (χ0) is 12.8. The highest BCUT2D eigenvalue weighted by Gasteiger charge is 2.09.